The molecule has 0 bridgehead atoms. The van der Waals surface area contributed by atoms with Crippen molar-refractivity contribution in [3.05, 3.63) is 59.9 Å². The second-order valence-corrected chi connectivity index (χ2v) is 10.8. The highest BCUT2D eigenvalue weighted by Crippen LogP contribution is 2.34. The molecule has 9 heteroatoms. The molecule has 0 saturated carbocycles. The van der Waals surface area contributed by atoms with Gasteiger partial charge in [-0.25, -0.2) is 13.4 Å². The van der Waals surface area contributed by atoms with Crippen LogP contribution in [0.25, 0.3) is 11.0 Å². The third-order valence-corrected chi connectivity index (χ3v) is 8.36. The molecule has 3 heterocycles. The predicted octanol–water partition coefficient (Wildman–Crippen LogP) is 2.88. The van der Waals surface area contributed by atoms with Crippen LogP contribution in [0, 0.1) is 5.92 Å². The summed E-state index contributed by atoms with van der Waals surface area (Å²) >= 11 is 0. The largest absolute Gasteiger partial charge is 0.394 e. The number of piperidine rings is 1. The molecule has 1 aliphatic heterocycles. The van der Waals surface area contributed by atoms with Gasteiger partial charge in [0.15, 0.2) is 0 Å². The zero-order chi connectivity index (χ0) is 23.6. The molecule has 176 valence electrons. The number of aliphatic hydroxyl groups excluding tert-OH is 1. The summed E-state index contributed by atoms with van der Waals surface area (Å²) in [5, 5.41) is 13.3. The van der Waals surface area contributed by atoms with Gasteiger partial charge in [-0.3, -0.25) is 4.79 Å². The Morgan fingerprint density at radius 1 is 1.21 bits per heavy atom. The lowest BCUT2D eigenvalue weighted by Crippen LogP contribution is -2.41. The number of pyridine rings is 1. The Balaban J connectivity index is 1.42. The fourth-order valence-electron chi connectivity index (χ4n) is 4.32. The Morgan fingerprint density at radius 3 is 2.55 bits per heavy atom. The quantitative estimate of drug-likeness (QED) is 0.491. The predicted molar refractivity (Wildman–Crippen MR) is 126 cm³/mol. The average molecular weight is 471 g/mol. The van der Waals surface area contributed by atoms with E-state index in [-0.39, 0.29) is 35.3 Å². The Bertz CT molecular complexity index is 1210. The number of H-pyrrole nitrogens is 1. The van der Waals surface area contributed by atoms with Crippen molar-refractivity contribution in [3.8, 4) is 0 Å². The van der Waals surface area contributed by atoms with Crippen LogP contribution in [0.3, 0.4) is 0 Å². The van der Waals surface area contributed by atoms with E-state index in [0.717, 1.165) is 23.9 Å². The zero-order valence-electron chi connectivity index (χ0n) is 18.9. The van der Waals surface area contributed by atoms with Gasteiger partial charge in [0.2, 0.25) is 10.0 Å². The van der Waals surface area contributed by atoms with Crippen LogP contribution >= 0.6 is 0 Å². The van der Waals surface area contributed by atoms with Crippen LogP contribution in [0.1, 0.15) is 48.5 Å². The molecule has 3 N–H and O–H groups in total. The summed E-state index contributed by atoms with van der Waals surface area (Å²) in [6.07, 6.45) is 5.21. The van der Waals surface area contributed by atoms with Gasteiger partial charge in [-0.1, -0.05) is 13.8 Å². The summed E-state index contributed by atoms with van der Waals surface area (Å²) in [6.45, 7) is 4.55. The molecular formula is C24H30N4O4S. The number of aromatic amines is 1. The molecule has 1 fully saturated rings. The van der Waals surface area contributed by atoms with Crippen molar-refractivity contribution in [2.24, 2.45) is 5.92 Å². The Labute approximate surface area is 194 Å². The zero-order valence-corrected chi connectivity index (χ0v) is 19.7. The van der Waals surface area contributed by atoms with Gasteiger partial charge >= 0.3 is 0 Å². The number of carbonyl (C=O) groups is 1. The lowest BCUT2D eigenvalue weighted by atomic mass is 9.90. The van der Waals surface area contributed by atoms with Gasteiger partial charge in [0, 0.05) is 36.4 Å². The summed E-state index contributed by atoms with van der Waals surface area (Å²) in [4.78, 5) is 20.1. The number of nitrogens with one attached hydrogen (secondary N) is 2. The van der Waals surface area contributed by atoms with Crippen LogP contribution in [-0.4, -0.2) is 59.4 Å². The Hall–Kier alpha value is -2.75. The standard InChI is InChI=1S/C24H30N4O4S/c1-16(2)22(15-29)27-24(30)18-5-7-19(8-6-18)33(31,32)28-12-9-17(10-13-28)21-14-26-23-20(21)4-3-11-25-23/h3-8,11,14,16-17,22,29H,9-10,12-13,15H2,1-2H3,(H,25,26)(H,27,30). The minimum Gasteiger partial charge on any atom is -0.394 e. The maximum atomic E-state index is 13.2. The Kier molecular flexibility index (Phi) is 6.83. The van der Waals surface area contributed by atoms with Crippen LogP contribution < -0.4 is 5.32 Å². The average Bonchev–Trinajstić information content (AvgIpc) is 3.26. The molecule has 0 aliphatic carbocycles. The summed E-state index contributed by atoms with van der Waals surface area (Å²) < 4.78 is 27.8. The third-order valence-electron chi connectivity index (χ3n) is 6.45. The minimum atomic E-state index is -3.64. The van der Waals surface area contributed by atoms with Crippen molar-refractivity contribution < 1.29 is 18.3 Å². The number of rotatable bonds is 7. The highest BCUT2D eigenvalue weighted by atomic mass is 32.2. The van der Waals surface area contributed by atoms with E-state index >= 15 is 0 Å². The van der Waals surface area contributed by atoms with Crippen molar-refractivity contribution >= 4 is 27.0 Å². The number of benzene rings is 1. The first-order chi connectivity index (χ1) is 15.8. The fourth-order valence-corrected chi connectivity index (χ4v) is 5.79. The van der Waals surface area contributed by atoms with Gasteiger partial charge in [-0.2, -0.15) is 4.31 Å². The number of nitrogens with zero attached hydrogens (tertiary/aromatic N) is 2. The van der Waals surface area contributed by atoms with Gasteiger partial charge in [-0.15, -0.1) is 0 Å². The number of hydrogen-bond donors (Lipinski definition) is 3. The summed E-state index contributed by atoms with van der Waals surface area (Å²) in [7, 11) is -3.64. The van der Waals surface area contributed by atoms with E-state index in [1.165, 1.54) is 34.1 Å². The number of amides is 1. The lowest BCUT2D eigenvalue weighted by Gasteiger charge is -2.31. The lowest BCUT2D eigenvalue weighted by molar-refractivity contribution is 0.0896. The summed E-state index contributed by atoms with van der Waals surface area (Å²) in [5.41, 5.74) is 2.40. The van der Waals surface area contributed by atoms with Gasteiger partial charge in [0.05, 0.1) is 17.5 Å². The molecule has 33 heavy (non-hydrogen) atoms. The number of sulfonamides is 1. The highest BCUT2D eigenvalue weighted by Gasteiger charge is 2.31. The topological polar surface area (TPSA) is 115 Å². The molecule has 1 saturated heterocycles. The number of aromatic nitrogens is 2. The maximum absolute atomic E-state index is 13.2. The van der Waals surface area contributed by atoms with E-state index in [4.69, 9.17) is 0 Å². The van der Waals surface area contributed by atoms with Crippen LogP contribution in [0.15, 0.2) is 53.7 Å². The first-order valence-electron chi connectivity index (χ1n) is 11.2. The molecule has 1 amide bonds. The number of carbonyl (C=O) groups excluding carboxylic acids is 1. The van der Waals surface area contributed by atoms with Crippen molar-refractivity contribution in [1.29, 1.82) is 0 Å². The van der Waals surface area contributed by atoms with E-state index in [9.17, 15) is 18.3 Å². The van der Waals surface area contributed by atoms with Gasteiger partial charge in [0.1, 0.15) is 5.65 Å². The van der Waals surface area contributed by atoms with Crippen molar-refractivity contribution in [2.45, 2.75) is 43.5 Å². The molecule has 8 nitrogen and oxygen atoms in total. The number of fused-ring (bicyclic) bond motifs is 1. The molecule has 1 aromatic carbocycles. The molecule has 2 aromatic heterocycles. The second kappa shape index (κ2) is 9.62. The molecule has 1 aliphatic rings. The number of hydrogen-bond acceptors (Lipinski definition) is 5. The van der Waals surface area contributed by atoms with E-state index in [0.29, 0.717) is 18.7 Å². The van der Waals surface area contributed by atoms with Gasteiger partial charge in [0.25, 0.3) is 5.91 Å². The van der Waals surface area contributed by atoms with Crippen molar-refractivity contribution in [2.75, 3.05) is 19.7 Å². The molecule has 1 unspecified atom stereocenters. The smallest absolute Gasteiger partial charge is 0.251 e. The van der Waals surface area contributed by atoms with Gasteiger partial charge < -0.3 is 15.4 Å². The molecule has 3 aromatic rings. The second-order valence-electron chi connectivity index (χ2n) is 8.85. The van der Waals surface area contributed by atoms with E-state index in [1.54, 1.807) is 6.20 Å². The third kappa shape index (κ3) is 4.80. The SMILES string of the molecule is CC(C)C(CO)NC(=O)c1ccc(S(=O)(=O)N2CCC(c3c[nH]c4ncccc34)CC2)cc1. The van der Waals surface area contributed by atoms with E-state index in [1.807, 2.05) is 32.2 Å². The molecular weight excluding hydrogens is 440 g/mol. The van der Waals surface area contributed by atoms with Crippen LogP contribution in [0.4, 0.5) is 0 Å². The first-order valence-corrected chi connectivity index (χ1v) is 12.7. The van der Waals surface area contributed by atoms with Crippen LogP contribution in [0.5, 0.6) is 0 Å². The monoisotopic (exact) mass is 470 g/mol. The molecule has 4 rings (SSSR count). The van der Waals surface area contributed by atoms with E-state index in [2.05, 4.69) is 15.3 Å². The maximum Gasteiger partial charge on any atom is 0.251 e. The summed E-state index contributed by atoms with van der Waals surface area (Å²) in [5.74, 6) is 0.0312. The molecule has 0 radical (unpaired) electrons. The first kappa shape index (κ1) is 23.4. The van der Waals surface area contributed by atoms with Crippen molar-refractivity contribution in [1.82, 2.24) is 19.6 Å². The van der Waals surface area contributed by atoms with Crippen LogP contribution in [0.2, 0.25) is 0 Å². The normalized spacial score (nSPS) is 16.8. The molecule has 1 atom stereocenters. The Morgan fingerprint density at radius 2 is 1.91 bits per heavy atom. The fraction of sp³-hybridized carbons (Fsp3) is 0.417. The van der Waals surface area contributed by atoms with E-state index < -0.39 is 10.0 Å². The summed E-state index contributed by atoms with van der Waals surface area (Å²) in [6, 6.07) is 9.59. The highest BCUT2D eigenvalue weighted by molar-refractivity contribution is 7.89. The van der Waals surface area contributed by atoms with Crippen LogP contribution in [-0.2, 0) is 10.0 Å². The van der Waals surface area contributed by atoms with Crippen molar-refractivity contribution in [3.63, 3.8) is 0 Å². The minimum absolute atomic E-state index is 0.0852. The van der Waals surface area contributed by atoms with Gasteiger partial charge in [-0.05, 0) is 66.6 Å². The number of aliphatic hydroxyl groups is 1. The molecule has 0 spiro atoms.